The topological polar surface area (TPSA) is 132 Å². The average molecular weight is 264 g/mol. The van der Waals surface area contributed by atoms with Gasteiger partial charge in [-0.3, -0.25) is 9.59 Å². The van der Waals surface area contributed by atoms with Crippen molar-refractivity contribution >= 4 is 17.9 Å². The Bertz CT molecular complexity index is 256. The van der Waals surface area contributed by atoms with Crippen LogP contribution in [0.1, 0.15) is 10.7 Å². The van der Waals surface area contributed by atoms with E-state index < -0.39 is 36.4 Å². The van der Waals surface area contributed by atoms with Crippen molar-refractivity contribution in [2.24, 2.45) is 5.92 Å². The SMILES string of the molecule is O=C(O)CC(C(=O)O)C(O)C(=O)O.[H-].[H-].[H-].[Na+].[Na+].[Na+]. The van der Waals surface area contributed by atoms with Crippen LogP contribution in [0.25, 0.3) is 0 Å². The number of aliphatic carboxylic acids is 3. The van der Waals surface area contributed by atoms with Crippen LogP contribution in [0.3, 0.4) is 0 Å². The summed E-state index contributed by atoms with van der Waals surface area (Å²) in [7, 11) is 0. The molecular weight excluding hydrogens is 253 g/mol. The molecule has 80 valence electrons. The van der Waals surface area contributed by atoms with Crippen LogP contribution >= 0.6 is 0 Å². The number of carbonyl (C=O) groups is 3. The molecule has 7 nitrogen and oxygen atoms in total. The third kappa shape index (κ3) is 10.5. The molecule has 4 N–H and O–H groups in total. The maximum atomic E-state index is 10.3. The Balaban J connectivity index is -0.0000000480. The fourth-order valence-electron chi connectivity index (χ4n) is 0.694. The smallest absolute Gasteiger partial charge is 1.00 e. The fourth-order valence-corrected chi connectivity index (χ4v) is 0.694. The minimum atomic E-state index is -2.20. The summed E-state index contributed by atoms with van der Waals surface area (Å²) in [6, 6.07) is 0. The van der Waals surface area contributed by atoms with Gasteiger partial charge in [0.15, 0.2) is 6.10 Å². The Kier molecular flexibility index (Phi) is 20.9. The van der Waals surface area contributed by atoms with Crippen LogP contribution < -0.4 is 88.7 Å². The van der Waals surface area contributed by atoms with E-state index in [0.29, 0.717) is 0 Å². The molecule has 0 saturated heterocycles. The molecule has 0 aliphatic carbocycles. The Hall–Kier alpha value is 1.37. The molecule has 0 aromatic rings. The van der Waals surface area contributed by atoms with Crippen molar-refractivity contribution in [1.82, 2.24) is 0 Å². The van der Waals surface area contributed by atoms with Crippen molar-refractivity contribution in [3.8, 4) is 0 Å². The van der Waals surface area contributed by atoms with Gasteiger partial charge in [0.2, 0.25) is 0 Å². The Labute approximate surface area is 162 Å². The minimum Gasteiger partial charge on any atom is -1.00 e. The van der Waals surface area contributed by atoms with Crippen molar-refractivity contribution < 1.29 is 128 Å². The standard InChI is InChI=1S/C6H8O7.3Na.3H/c7-3(8)1-2(5(10)11)4(9)6(12)13;;;;;;/h2,4,9H,1H2,(H,7,8)(H,10,11)(H,12,13);;;;;;/q;3*+1;3*-1. The van der Waals surface area contributed by atoms with Crippen LogP contribution in [0.4, 0.5) is 0 Å². The number of aliphatic hydroxyl groups is 1. The van der Waals surface area contributed by atoms with Gasteiger partial charge in [0.05, 0.1) is 6.42 Å². The molecule has 0 spiro atoms. The van der Waals surface area contributed by atoms with E-state index in [2.05, 4.69) is 0 Å². The van der Waals surface area contributed by atoms with Crippen molar-refractivity contribution in [1.29, 1.82) is 0 Å². The second kappa shape index (κ2) is 12.8. The van der Waals surface area contributed by atoms with Crippen LogP contribution in [0, 0.1) is 5.92 Å². The van der Waals surface area contributed by atoms with Crippen LogP contribution in [-0.2, 0) is 14.4 Å². The first kappa shape index (κ1) is 26.0. The first-order valence-electron chi connectivity index (χ1n) is 3.21. The summed E-state index contributed by atoms with van der Waals surface area (Å²) in [6.45, 7) is 0. The van der Waals surface area contributed by atoms with Crippen LogP contribution in [0.2, 0.25) is 0 Å². The second-order valence-corrected chi connectivity index (χ2v) is 2.33. The van der Waals surface area contributed by atoms with Gasteiger partial charge in [-0.15, -0.1) is 0 Å². The van der Waals surface area contributed by atoms with Crippen LogP contribution in [0.15, 0.2) is 0 Å². The summed E-state index contributed by atoms with van der Waals surface area (Å²) in [5, 5.41) is 33.5. The quantitative estimate of drug-likeness (QED) is 0.362. The van der Waals surface area contributed by atoms with E-state index in [4.69, 9.17) is 20.4 Å². The largest absolute Gasteiger partial charge is 1.00 e. The number of aliphatic hydroxyl groups excluding tert-OH is 1. The van der Waals surface area contributed by atoms with Gasteiger partial charge in [0.1, 0.15) is 5.92 Å². The number of hydrogen-bond acceptors (Lipinski definition) is 4. The second-order valence-electron chi connectivity index (χ2n) is 2.33. The zero-order chi connectivity index (χ0) is 10.6. The van der Waals surface area contributed by atoms with E-state index in [1.54, 1.807) is 0 Å². The molecule has 2 unspecified atom stereocenters. The van der Waals surface area contributed by atoms with Crippen molar-refractivity contribution in [2.75, 3.05) is 0 Å². The summed E-state index contributed by atoms with van der Waals surface area (Å²) in [4.78, 5) is 30.5. The maximum Gasteiger partial charge on any atom is 1.00 e. The molecule has 0 bridgehead atoms. The maximum absolute atomic E-state index is 10.3. The Morgan fingerprint density at radius 3 is 1.50 bits per heavy atom. The molecule has 0 aromatic heterocycles. The molecule has 16 heavy (non-hydrogen) atoms. The summed E-state index contributed by atoms with van der Waals surface area (Å²) in [5.41, 5.74) is 0. The van der Waals surface area contributed by atoms with Gasteiger partial charge in [0.25, 0.3) is 0 Å². The molecule has 0 radical (unpaired) electrons. The molecule has 0 aliphatic heterocycles. The predicted octanol–water partition coefficient (Wildman–Crippen LogP) is -10.0. The predicted molar refractivity (Wildman–Crippen MR) is 40.4 cm³/mol. The first-order valence-corrected chi connectivity index (χ1v) is 3.21. The van der Waals surface area contributed by atoms with Gasteiger partial charge < -0.3 is 24.7 Å². The van der Waals surface area contributed by atoms with E-state index in [-0.39, 0.29) is 93.0 Å². The number of carboxylic acid groups (broad SMARTS) is 3. The molecule has 0 fully saturated rings. The number of carboxylic acids is 3. The molecule has 2 atom stereocenters. The number of hydrogen-bond donors (Lipinski definition) is 4. The van der Waals surface area contributed by atoms with Gasteiger partial charge in [-0.25, -0.2) is 4.79 Å². The third-order valence-corrected chi connectivity index (χ3v) is 1.35. The van der Waals surface area contributed by atoms with E-state index in [1.165, 1.54) is 0 Å². The van der Waals surface area contributed by atoms with Crippen molar-refractivity contribution in [2.45, 2.75) is 12.5 Å². The summed E-state index contributed by atoms with van der Waals surface area (Å²) in [5.74, 6) is -6.71. The van der Waals surface area contributed by atoms with Crippen LogP contribution in [-0.4, -0.2) is 44.4 Å². The molecule has 0 heterocycles. The van der Waals surface area contributed by atoms with E-state index in [0.717, 1.165) is 0 Å². The van der Waals surface area contributed by atoms with Crippen molar-refractivity contribution in [3.63, 3.8) is 0 Å². The van der Waals surface area contributed by atoms with E-state index in [9.17, 15) is 14.4 Å². The normalized spacial score (nSPS) is 11.8. The molecule has 0 rings (SSSR count). The minimum absolute atomic E-state index is 0. The molecule has 0 saturated carbocycles. The zero-order valence-electron chi connectivity index (χ0n) is 12.4. The van der Waals surface area contributed by atoms with Gasteiger partial charge in [-0.05, 0) is 0 Å². The summed E-state index contributed by atoms with van der Waals surface area (Å²) >= 11 is 0. The number of rotatable bonds is 5. The molecule has 0 amide bonds. The molecule has 0 aromatic carbocycles. The van der Waals surface area contributed by atoms with Crippen molar-refractivity contribution in [3.05, 3.63) is 0 Å². The Morgan fingerprint density at radius 1 is 0.938 bits per heavy atom. The average Bonchev–Trinajstić information content (AvgIpc) is 1.97. The third-order valence-electron chi connectivity index (χ3n) is 1.35. The molecule has 10 heteroatoms. The fraction of sp³-hybridized carbons (Fsp3) is 0.500. The Morgan fingerprint density at radius 2 is 1.31 bits per heavy atom. The van der Waals surface area contributed by atoms with Gasteiger partial charge >= 0.3 is 107 Å². The molecule has 0 aliphatic rings. The van der Waals surface area contributed by atoms with Gasteiger partial charge in [0, 0.05) is 0 Å². The van der Waals surface area contributed by atoms with Crippen LogP contribution in [0.5, 0.6) is 0 Å². The van der Waals surface area contributed by atoms with Gasteiger partial charge in [-0.2, -0.15) is 0 Å². The summed E-state index contributed by atoms with van der Waals surface area (Å²) < 4.78 is 0. The zero-order valence-corrected chi connectivity index (χ0v) is 15.4. The van der Waals surface area contributed by atoms with Gasteiger partial charge in [-0.1, -0.05) is 0 Å². The van der Waals surface area contributed by atoms with E-state index >= 15 is 0 Å². The monoisotopic (exact) mass is 264 g/mol. The van der Waals surface area contributed by atoms with E-state index in [1.807, 2.05) is 0 Å². The first-order chi connectivity index (χ1) is 5.86. The molecular formula is C6H11Na3O7. The summed E-state index contributed by atoms with van der Waals surface area (Å²) in [6.07, 6.45) is -3.13.